The van der Waals surface area contributed by atoms with Gasteiger partial charge >= 0.3 is 0 Å². The lowest BCUT2D eigenvalue weighted by Gasteiger charge is -2.19. The van der Waals surface area contributed by atoms with Crippen LogP contribution in [0, 0.1) is 0 Å². The molecule has 2 amide bonds. The van der Waals surface area contributed by atoms with Crippen LogP contribution in [0.15, 0.2) is 36.4 Å². The summed E-state index contributed by atoms with van der Waals surface area (Å²) in [7, 11) is -3.35. The van der Waals surface area contributed by atoms with Crippen LogP contribution >= 0.6 is 23.2 Å². The molecule has 0 fully saturated rings. The van der Waals surface area contributed by atoms with E-state index in [1.54, 1.807) is 18.2 Å². The number of halogens is 2. The molecule has 3 rings (SSSR count). The summed E-state index contributed by atoms with van der Waals surface area (Å²) < 4.78 is 33.7. The van der Waals surface area contributed by atoms with E-state index in [1.165, 1.54) is 18.2 Å². The number of benzene rings is 2. The number of rotatable bonds is 8. The number of nitrogens with one attached hydrogen (secondary N) is 2. The molecule has 0 aliphatic carbocycles. The number of hydrogen-bond donors (Lipinski definition) is 2. The summed E-state index contributed by atoms with van der Waals surface area (Å²) in [6.45, 7) is 0.292. The monoisotopic (exact) mass is 486 g/mol. The first-order valence-electron chi connectivity index (χ1n) is 9.22. The predicted molar refractivity (Wildman–Crippen MR) is 116 cm³/mol. The number of amides is 2. The summed E-state index contributed by atoms with van der Waals surface area (Å²) in [5, 5.41) is 5.74. The van der Waals surface area contributed by atoms with E-state index >= 15 is 0 Å². The van der Waals surface area contributed by atoms with Gasteiger partial charge in [0.25, 0.3) is 5.91 Å². The molecule has 0 spiro atoms. The van der Waals surface area contributed by atoms with Crippen LogP contribution in [0.2, 0.25) is 10.0 Å². The van der Waals surface area contributed by atoms with E-state index in [0.29, 0.717) is 16.5 Å². The Morgan fingerprint density at radius 1 is 1.10 bits per heavy atom. The van der Waals surface area contributed by atoms with Crippen molar-refractivity contribution < 1.29 is 27.5 Å². The van der Waals surface area contributed by atoms with Gasteiger partial charge < -0.3 is 20.1 Å². The first-order valence-corrected chi connectivity index (χ1v) is 12.0. The average Bonchev–Trinajstić information content (AvgIpc) is 3.16. The van der Waals surface area contributed by atoms with E-state index in [9.17, 15) is 18.0 Å². The third-order valence-electron chi connectivity index (χ3n) is 4.48. The number of carbonyl (C=O) groups is 2. The third-order valence-corrected chi connectivity index (χ3v) is 6.00. The van der Waals surface area contributed by atoms with Gasteiger partial charge in [-0.05, 0) is 42.3 Å². The Balaban J connectivity index is 1.69. The van der Waals surface area contributed by atoms with E-state index < -0.39 is 27.7 Å². The lowest BCUT2D eigenvalue weighted by atomic mass is 10.1. The molecule has 1 atom stereocenters. The highest BCUT2D eigenvalue weighted by Gasteiger charge is 2.24. The second kappa shape index (κ2) is 9.76. The van der Waals surface area contributed by atoms with Crippen LogP contribution in [0.4, 0.5) is 0 Å². The maximum absolute atomic E-state index is 12.7. The third kappa shape index (κ3) is 6.49. The van der Waals surface area contributed by atoms with Crippen LogP contribution < -0.4 is 20.1 Å². The largest absolute Gasteiger partial charge is 0.454 e. The zero-order valence-electron chi connectivity index (χ0n) is 16.5. The number of fused-ring (bicyclic) bond motifs is 1. The smallest absolute Gasteiger partial charge is 0.253 e. The quantitative estimate of drug-likeness (QED) is 0.592. The van der Waals surface area contributed by atoms with Gasteiger partial charge in [0.15, 0.2) is 11.5 Å². The Hall–Kier alpha value is -2.49. The normalized spacial score (nSPS) is 13.5. The first-order chi connectivity index (χ1) is 14.6. The van der Waals surface area contributed by atoms with Crippen molar-refractivity contribution in [2.75, 3.05) is 18.8 Å². The number of sulfone groups is 1. The van der Waals surface area contributed by atoms with Crippen molar-refractivity contribution in [3.05, 3.63) is 57.6 Å². The van der Waals surface area contributed by atoms with Crippen molar-refractivity contribution >= 4 is 44.9 Å². The molecule has 1 aliphatic heterocycles. The Labute approximate surface area is 189 Å². The molecule has 1 aliphatic rings. The first kappa shape index (κ1) is 23.2. The summed E-state index contributed by atoms with van der Waals surface area (Å²) in [6.07, 6.45) is 0.967. The second-order valence-corrected chi connectivity index (χ2v) is 10.1. The Morgan fingerprint density at radius 2 is 1.84 bits per heavy atom. The Bertz CT molecular complexity index is 1110. The minimum absolute atomic E-state index is 0.0945. The van der Waals surface area contributed by atoms with Crippen molar-refractivity contribution in [2.45, 2.75) is 19.0 Å². The number of carbonyl (C=O) groups excluding carboxylic acids is 2. The summed E-state index contributed by atoms with van der Waals surface area (Å²) in [6, 6.07) is 8.48. The van der Waals surface area contributed by atoms with E-state index in [2.05, 4.69) is 10.6 Å². The molecule has 166 valence electrons. The fourth-order valence-electron chi connectivity index (χ4n) is 2.87. The van der Waals surface area contributed by atoms with Crippen LogP contribution in [0.1, 0.15) is 22.3 Å². The molecule has 1 heterocycles. The van der Waals surface area contributed by atoms with Gasteiger partial charge in [-0.25, -0.2) is 8.42 Å². The molecule has 2 N–H and O–H groups in total. The van der Waals surface area contributed by atoms with Crippen molar-refractivity contribution in [2.24, 2.45) is 0 Å². The lowest BCUT2D eigenvalue weighted by molar-refractivity contribution is -0.123. The fraction of sp³-hybridized carbons (Fsp3) is 0.300. The number of ether oxygens (including phenoxy) is 2. The van der Waals surface area contributed by atoms with E-state index in [4.69, 9.17) is 32.7 Å². The van der Waals surface area contributed by atoms with Gasteiger partial charge in [-0.15, -0.1) is 0 Å². The van der Waals surface area contributed by atoms with E-state index in [1.807, 2.05) is 0 Å². The van der Waals surface area contributed by atoms with Gasteiger partial charge in [0.1, 0.15) is 15.9 Å². The average molecular weight is 487 g/mol. The summed E-state index contributed by atoms with van der Waals surface area (Å²) >= 11 is 11.9. The van der Waals surface area contributed by atoms with Gasteiger partial charge in [0.2, 0.25) is 12.7 Å². The molecule has 11 heteroatoms. The van der Waals surface area contributed by atoms with Gasteiger partial charge in [0.05, 0.1) is 16.3 Å². The highest BCUT2D eigenvalue weighted by molar-refractivity contribution is 7.90. The molecule has 2 aromatic rings. The lowest BCUT2D eigenvalue weighted by Crippen LogP contribution is -2.47. The van der Waals surface area contributed by atoms with Crippen molar-refractivity contribution in [3.63, 3.8) is 0 Å². The molecule has 0 saturated heterocycles. The highest BCUT2D eigenvalue weighted by atomic mass is 35.5. The van der Waals surface area contributed by atoms with Crippen LogP contribution in [-0.4, -0.2) is 45.1 Å². The Morgan fingerprint density at radius 3 is 2.55 bits per heavy atom. The van der Waals surface area contributed by atoms with Gasteiger partial charge in [-0.2, -0.15) is 0 Å². The zero-order valence-corrected chi connectivity index (χ0v) is 18.8. The zero-order chi connectivity index (χ0) is 22.6. The van der Waals surface area contributed by atoms with Gasteiger partial charge in [-0.3, -0.25) is 9.59 Å². The van der Waals surface area contributed by atoms with E-state index in [-0.39, 0.29) is 36.1 Å². The SMILES string of the molecule is CS(=O)(=O)CC[C@H](NC(=O)c1ccc(Cl)cc1Cl)C(=O)NCc1ccc2c(c1)OCO2. The topological polar surface area (TPSA) is 111 Å². The molecular formula is C20H20Cl2N2O6S. The Kier molecular flexibility index (Phi) is 7.30. The maximum atomic E-state index is 12.7. The fourth-order valence-corrected chi connectivity index (χ4v) is 4.03. The molecule has 0 bridgehead atoms. The maximum Gasteiger partial charge on any atom is 0.253 e. The van der Waals surface area contributed by atoms with Crippen LogP contribution in [0.5, 0.6) is 11.5 Å². The molecule has 8 nitrogen and oxygen atoms in total. The summed E-state index contributed by atoms with van der Waals surface area (Å²) in [5.41, 5.74) is 0.880. The van der Waals surface area contributed by atoms with Crippen LogP contribution in [-0.2, 0) is 21.2 Å². The molecule has 2 aromatic carbocycles. The van der Waals surface area contributed by atoms with Crippen LogP contribution in [0.3, 0.4) is 0 Å². The molecule has 0 radical (unpaired) electrons. The molecular weight excluding hydrogens is 467 g/mol. The second-order valence-electron chi connectivity index (χ2n) is 6.97. The minimum atomic E-state index is -3.35. The highest BCUT2D eigenvalue weighted by Crippen LogP contribution is 2.32. The molecule has 0 unspecified atom stereocenters. The number of hydrogen-bond acceptors (Lipinski definition) is 6. The van der Waals surface area contributed by atoms with Crippen molar-refractivity contribution in [1.29, 1.82) is 0 Å². The van der Waals surface area contributed by atoms with Crippen LogP contribution in [0.25, 0.3) is 0 Å². The standard InChI is InChI=1S/C20H20Cl2N2O6S/c1-31(27,28)7-6-16(24-19(25)14-4-3-13(21)9-15(14)22)20(26)23-10-12-2-5-17-18(8-12)30-11-29-17/h2-5,8-9,16H,6-7,10-11H2,1H3,(H,23,26)(H,24,25)/t16-/m0/s1. The molecule has 31 heavy (non-hydrogen) atoms. The van der Waals surface area contributed by atoms with Crippen molar-refractivity contribution in [1.82, 2.24) is 10.6 Å². The van der Waals surface area contributed by atoms with Crippen molar-refractivity contribution in [3.8, 4) is 11.5 Å². The predicted octanol–water partition coefficient (Wildman–Crippen LogP) is 2.57. The van der Waals surface area contributed by atoms with E-state index in [0.717, 1.165) is 11.8 Å². The summed E-state index contributed by atoms with van der Waals surface area (Å²) in [5.74, 6) is -0.221. The van der Waals surface area contributed by atoms with Gasteiger partial charge in [0, 0.05) is 17.8 Å². The molecule has 0 saturated carbocycles. The summed E-state index contributed by atoms with van der Waals surface area (Å²) in [4.78, 5) is 25.4. The molecule has 0 aromatic heterocycles. The minimum Gasteiger partial charge on any atom is -0.454 e. The van der Waals surface area contributed by atoms with Gasteiger partial charge in [-0.1, -0.05) is 29.3 Å².